The second-order valence-corrected chi connectivity index (χ2v) is 5.78. The van der Waals surface area contributed by atoms with Gasteiger partial charge in [-0.25, -0.2) is 0 Å². The summed E-state index contributed by atoms with van der Waals surface area (Å²) >= 11 is 2.00. The van der Waals surface area contributed by atoms with E-state index in [0.717, 1.165) is 6.42 Å². The number of benzene rings is 1. The van der Waals surface area contributed by atoms with Crippen LogP contribution in [-0.4, -0.2) is 16.4 Å². The molecule has 1 aromatic carbocycles. The third-order valence-corrected chi connectivity index (χ3v) is 3.68. The van der Waals surface area contributed by atoms with Crippen LogP contribution in [-0.2, 0) is 0 Å². The largest absolute Gasteiger partial charge is 0.347 e. The van der Waals surface area contributed by atoms with Crippen molar-refractivity contribution in [2.45, 2.75) is 32.7 Å². The van der Waals surface area contributed by atoms with Gasteiger partial charge in [0.1, 0.15) is 0 Å². The summed E-state index contributed by atoms with van der Waals surface area (Å²) in [5.74, 6) is -0.282. The Morgan fingerprint density at radius 3 is 2.61 bits per heavy atom. The summed E-state index contributed by atoms with van der Waals surface area (Å²) in [4.78, 5) is 22.3. The monoisotopic (exact) mass is 362 g/mol. The Bertz CT molecular complexity index is 486. The molecule has 1 rings (SSSR count). The average molecular weight is 362 g/mol. The van der Waals surface area contributed by atoms with Crippen LogP contribution in [0.2, 0.25) is 0 Å². The molecule has 1 N–H and O–H groups in total. The number of nitro groups is 1. The van der Waals surface area contributed by atoms with E-state index in [2.05, 4.69) is 5.32 Å². The highest BCUT2D eigenvalue weighted by Gasteiger charge is 2.21. The highest BCUT2D eigenvalue weighted by molar-refractivity contribution is 14.1. The lowest BCUT2D eigenvalue weighted by Crippen LogP contribution is -2.43. The number of amides is 1. The molecule has 98 valence electrons. The van der Waals surface area contributed by atoms with Gasteiger partial charge in [-0.3, -0.25) is 14.9 Å². The van der Waals surface area contributed by atoms with Gasteiger partial charge in [0.2, 0.25) is 0 Å². The third kappa shape index (κ3) is 3.66. The molecule has 0 radical (unpaired) electrons. The van der Waals surface area contributed by atoms with Crippen LogP contribution < -0.4 is 5.32 Å². The smallest absolute Gasteiger partial charge is 0.270 e. The van der Waals surface area contributed by atoms with Gasteiger partial charge in [-0.05, 0) is 48.9 Å². The zero-order valence-corrected chi connectivity index (χ0v) is 12.6. The first kappa shape index (κ1) is 14.9. The van der Waals surface area contributed by atoms with E-state index >= 15 is 0 Å². The van der Waals surface area contributed by atoms with Gasteiger partial charge in [-0.2, -0.15) is 0 Å². The fourth-order valence-corrected chi connectivity index (χ4v) is 1.84. The fraction of sp³-hybridized carbons (Fsp3) is 0.417. The normalized spacial score (nSPS) is 11.1. The highest BCUT2D eigenvalue weighted by atomic mass is 127. The van der Waals surface area contributed by atoms with E-state index in [-0.39, 0.29) is 17.1 Å². The van der Waals surface area contributed by atoms with Crippen molar-refractivity contribution in [3.8, 4) is 0 Å². The SMILES string of the molecule is CCC(C)(C)NC(=O)c1cc([N+](=O)[O-])ccc1I. The average Bonchev–Trinajstić information content (AvgIpc) is 2.28. The molecule has 1 aromatic rings. The number of hydrogen-bond acceptors (Lipinski definition) is 3. The van der Waals surface area contributed by atoms with Crippen LogP contribution in [0, 0.1) is 13.7 Å². The van der Waals surface area contributed by atoms with Crippen molar-refractivity contribution >= 4 is 34.2 Å². The maximum absolute atomic E-state index is 12.1. The highest BCUT2D eigenvalue weighted by Crippen LogP contribution is 2.20. The minimum Gasteiger partial charge on any atom is -0.347 e. The molecule has 0 unspecified atom stereocenters. The summed E-state index contributed by atoms with van der Waals surface area (Å²) in [5, 5.41) is 13.6. The van der Waals surface area contributed by atoms with Crippen molar-refractivity contribution in [3.63, 3.8) is 0 Å². The van der Waals surface area contributed by atoms with Crippen LogP contribution in [0.5, 0.6) is 0 Å². The molecule has 0 fully saturated rings. The predicted molar refractivity (Wildman–Crippen MR) is 77.6 cm³/mol. The van der Waals surface area contributed by atoms with Gasteiger partial charge in [0.25, 0.3) is 11.6 Å². The van der Waals surface area contributed by atoms with Gasteiger partial charge >= 0.3 is 0 Å². The molecule has 0 aliphatic heterocycles. The quantitative estimate of drug-likeness (QED) is 0.508. The van der Waals surface area contributed by atoms with E-state index in [4.69, 9.17) is 0 Å². The first-order valence-electron chi connectivity index (χ1n) is 5.53. The Morgan fingerprint density at radius 1 is 1.50 bits per heavy atom. The Kier molecular flexibility index (Phi) is 4.66. The van der Waals surface area contributed by atoms with Gasteiger partial charge in [-0.1, -0.05) is 6.92 Å². The molecular formula is C12H15IN2O3. The maximum Gasteiger partial charge on any atom is 0.270 e. The molecule has 0 aliphatic rings. The Morgan fingerprint density at radius 2 is 2.11 bits per heavy atom. The van der Waals surface area contributed by atoms with Gasteiger partial charge < -0.3 is 5.32 Å². The van der Waals surface area contributed by atoms with Gasteiger partial charge in [0, 0.05) is 21.2 Å². The molecule has 0 atom stereocenters. The van der Waals surface area contributed by atoms with E-state index in [1.165, 1.54) is 12.1 Å². The number of rotatable bonds is 4. The summed E-state index contributed by atoms with van der Waals surface area (Å²) in [6.07, 6.45) is 0.782. The van der Waals surface area contributed by atoms with Crippen molar-refractivity contribution in [3.05, 3.63) is 37.4 Å². The van der Waals surface area contributed by atoms with Crippen molar-refractivity contribution in [2.24, 2.45) is 0 Å². The van der Waals surface area contributed by atoms with E-state index in [9.17, 15) is 14.9 Å². The summed E-state index contributed by atoms with van der Waals surface area (Å²) in [6.45, 7) is 5.79. The lowest BCUT2D eigenvalue weighted by molar-refractivity contribution is -0.384. The van der Waals surface area contributed by atoms with Gasteiger partial charge in [-0.15, -0.1) is 0 Å². The number of hydrogen-bond donors (Lipinski definition) is 1. The van der Waals surface area contributed by atoms with Crippen molar-refractivity contribution in [1.29, 1.82) is 0 Å². The molecule has 0 spiro atoms. The fourth-order valence-electron chi connectivity index (χ4n) is 1.26. The number of carbonyl (C=O) groups excluding carboxylic acids is 1. The van der Waals surface area contributed by atoms with E-state index in [0.29, 0.717) is 9.13 Å². The van der Waals surface area contributed by atoms with Crippen molar-refractivity contribution < 1.29 is 9.72 Å². The lowest BCUT2D eigenvalue weighted by Gasteiger charge is -2.24. The molecule has 0 aliphatic carbocycles. The number of halogens is 1. The van der Waals surface area contributed by atoms with Crippen LogP contribution in [0.4, 0.5) is 5.69 Å². The predicted octanol–water partition coefficient (Wildman–Crippen LogP) is 3.12. The van der Waals surface area contributed by atoms with E-state index in [1.54, 1.807) is 6.07 Å². The van der Waals surface area contributed by atoms with Crippen LogP contribution in [0.15, 0.2) is 18.2 Å². The minimum atomic E-state index is -0.502. The number of nitrogens with one attached hydrogen (secondary N) is 1. The first-order chi connectivity index (χ1) is 8.26. The van der Waals surface area contributed by atoms with Crippen LogP contribution >= 0.6 is 22.6 Å². The first-order valence-corrected chi connectivity index (χ1v) is 6.61. The maximum atomic E-state index is 12.1. The van der Waals surface area contributed by atoms with Gasteiger partial charge in [0.15, 0.2) is 0 Å². The topological polar surface area (TPSA) is 72.2 Å². The van der Waals surface area contributed by atoms with Crippen LogP contribution in [0.1, 0.15) is 37.6 Å². The number of non-ortho nitro benzene ring substituents is 1. The zero-order chi connectivity index (χ0) is 13.9. The molecule has 0 saturated heterocycles. The zero-order valence-electron chi connectivity index (χ0n) is 10.5. The molecule has 5 nitrogen and oxygen atoms in total. The second-order valence-electron chi connectivity index (χ2n) is 4.61. The Hall–Kier alpha value is -1.18. The lowest BCUT2D eigenvalue weighted by atomic mass is 10.0. The molecule has 6 heteroatoms. The molecule has 18 heavy (non-hydrogen) atoms. The molecular weight excluding hydrogens is 347 g/mol. The number of carbonyl (C=O) groups is 1. The van der Waals surface area contributed by atoms with Gasteiger partial charge in [0.05, 0.1) is 10.5 Å². The Balaban J connectivity index is 3.05. The third-order valence-electron chi connectivity index (χ3n) is 2.74. The Labute approximate surface area is 119 Å². The second kappa shape index (κ2) is 5.64. The molecule has 0 heterocycles. The molecule has 0 bridgehead atoms. The standard InChI is InChI=1S/C12H15IN2O3/c1-4-12(2,3)14-11(16)9-7-8(15(17)18)5-6-10(9)13/h5-7H,4H2,1-3H3,(H,14,16). The summed E-state index contributed by atoms with van der Waals surface area (Å²) in [6, 6.07) is 4.28. The minimum absolute atomic E-state index is 0.0742. The summed E-state index contributed by atoms with van der Waals surface area (Å²) in [5.41, 5.74) is -0.0636. The van der Waals surface area contributed by atoms with Crippen LogP contribution in [0.25, 0.3) is 0 Å². The van der Waals surface area contributed by atoms with E-state index < -0.39 is 4.92 Å². The van der Waals surface area contributed by atoms with Crippen LogP contribution in [0.3, 0.4) is 0 Å². The summed E-state index contributed by atoms with van der Waals surface area (Å²) in [7, 11) is 0. The van der Waals surface area contributed by atoms with Crippen molar-refractivity contribution in [1.82, 2.24) is 5.32 Å². The number of nitro benzene ring substituents is 1. The summed E-state index contributed by atoms with van der Waals surface area (Å²) < 4.78 is 0.697. The van der Waals surface area contributed by atoms with Crippen molar-refractivity contribution in [2.75, 3.05) is 0 Å². The number of nitrogens with zero attached hydrogens (tertiary/aromatic N) is 1. The molecule has 0 saturated carbocycles. The molecule has 1 amide bonds. The van der Waals surface area contributed by atoms with E-state index in [1.807, 2.05) is 43.4 Å². The molecule has 0 aromatic heterocycles.